The van der Waals surface area contributed by atoms with Crippen LogP contribution in [0.25, 0.3) is 0 Å². The summed E-state index contributed by atoms with van der Waals surface area (Å²) in [4.78, 5) is 10.8. The number of carbonyl (C=O) groups excluding carboxylic acids is 1. The molecule has 1 fully saturated rings. The average molecular weight is 170 g/mol. The van der Waals surface area contributed by atoms with Gasteiger partial charge in [-0.05, 0) is 6.42 Å². The lowest BCUT2D eigenvalue weighted by atomic mass is 10.1. The van der Waals surface area contributed by atoms with E-state index in [9.17, 15) is 4.79 Å². The van der Waals surface area contributed by atoms with E-state index >= 15 is 0 Å². The third kappa shape index (κ3) is 3.35. The predicted molar refractivity (Wildman–Crippen MR) is 48.1 cm³/mol. The molecule has 2 heteroatoms. The molecule has 0 aromatic rings. The van der Waals surface area contributed by atoms with Crippen LogP contribution >= 0.6 is 0 Å². The van der Waals surface area contributed by atoms with Crippen LogP contribution in [0.1, 0.15) is 45.4 Å². The highest BCUT2D eigenvalue weighted by atomic mass is 16.5. The fourth-order valence-corrected chi connectivity index (χ4v) is 1.57. The first-order valence-corrected chi connectivity index (χ1v) is 4.96. The second kappa shape index (κ2) is 5.31. The van der Waals surface area contributed by atoms with Crippen LogP contribution in [0.5, 0.6) is 0 Å². The molecule has 0 aliphatic carbocycles. The molecule has 12 heavy (non-hydrogen) atoms. The maximum atomic E-state index is 10.8. The van der Waals surface area contributed by atoms with Crippen molar-refractivity contribution in [3.63, 3.8) is 0 Å². The summed E-state index contributed by atoms with van der Waals surface area (Å²) in [6, 6.07) is 0. The maximum absolute atomic E-state index is 10.8. The zero-order chi connectivity index (χ0) is 8.81. The van der Waals surface area contributed by atoms with Gasteiger partial charge in [-0.25, -0.2) is 0 Å². The van der Waals surface area contributed by atoms with Gasteiger partial charge < -0.3 is 4.74 Å². The Balaban J connectivity index is 1.97. The highest BCUT2D eigenvalue weighted by Crippen LogP contribution is 2.16. The van der Waals surface area contributed by atoms with Crippen LogP contribution in [-0.4, -0.2) is 18.5 Å². The van der Waals surface area contributed by atoms with E-state index in [0.717, 1.165) is 6.42 Å². The van der Waals surface area contributed by atoms with Crippen LogP contribution in [0.4, 0.5) is 0 Å². The van der Waals surface area contributed by atoms with Gasteiger partial charge in [-0.3, -0.25) is 4.79 Å². The van der Waals surface area contributed by atoms with Gasteiger partial charge in [-0.2, -0.15) is 0 Å². The van der Waals surface area contributed by atoms with Gasteiger partial charge >= 0.3 is 0 Å². The standard InChI is InChI=1S/C10H18O2/c1-2-3-4-5-6-10-7-9(11)8-12-10/h10H,2-8H2,1H3. The summed E-state index contributed by atoms with van der Waals surface area (Å²) in [7, 11) is 0. The van der Waals surface area contributed by atoms with Crippen molar-refractivity contribution in [2.75, 3.05) is 6.61 Å². The highest BCUT2D eigenvalue weighted by molar-refractivity contribution is 5.81. The van der Waals surface area contributed by atoms with E-state index in [1.807, 2.05) is 0 Å². The molecule has 0 N–H and O–H groups in total. The van der Waals surface area contributed by atoms with Crippen molar-refractivity contribution in [1.82, 2.24) is 0 Å². The predicted octanol–water partition coefficient (Wildman–Crippen LogP) is 2.31. The fraction of sp³-hybridized carbons (Fsp3) is 0.900. The number of ketones is 1. The number of ether oxygens (including phenoxy) is 1. The van der Waals surface area contributed by atoms with E-state index in [-0.39, 0.29) is 11.9 Å². The van der Waals surface area contributed by atoms with E-state index in [4.69, 9.17) is 4.74 Å². The lowest BCUT2D eigenvalue weighted by Crippen LogP contribution is -2.04. The molecule has 0 aromatic heterocycles. The molecule has 0 bridgehead atoms. The van der Waals surface area contributed by atoms with E-state index in [0.29, 0.717) is 13.0 Å². The summed E-state index contributed by atoms with van der Waals surface area (Å²) >= 11 is 0. The Bertz CT molecular complexity index is 143. The summed E-state index contributed by atoms with van der Waals surface area (Å²) in [5, 5.41) is 0. The third-order valence-electron chi connectivity index (χ3n) is 2.32. The second-order valence-corrected chi connectivity index (χ2v) is 3.53. The minimum Gasteiger partial charge on any atom is -0.370 e. The number of rotatable bonds is 5. The summed E-state index contributed by atoms with van der Waals surface area (Å²) in [5.74, 6) is 0.274. The van der Waals surface area contributed by atoms with Gasteiger partial charge in [-0.1, -0.05) is 32.6 Å². The normalized spacial score (nSPS) is 23.4. The molecule has 0 amide bonds. The van der Waals surface area contributed by atoms with Crippen LogP contribution in [-0.2, 0) is 9.53 Å². The molecule has 0 radical (unpaired) electrons. The quantitative estimate of drug-likeness (QED) is 0.592. The Kier molecular flexibility index (Phi) is 4.30. The lowest BCUT2D eigenvalue weighted by molar-refractivity contribution is -0.117. The first kappa shape index (κ1) is 9.72. The van der Waals surface area contributed by atoms with Crippen LogP contribution < -0.4 is 0 Å². The number of hydrogen-bond acceptors (Lipinski definition) is 2. The minimum atomic E-state index is 0.245. The van der Waals surface area contributed by atoms with Crippen molar-refractivity contribution >= 4 is 5.78 Å². The molecule has 70 valence electrons. The van der Waals surface area contributed by atoms with E-state index < -0.39 is 0 Å². The molecule has 0 saturated carbocycles. The highest BCUT2D eigenvalue weighted by Gasteiger charge is 2.21. The number of carbonyl (C=O) groups is 1. The molecule has 1 rings (SSSR count). The molecule has 1 unspecified atom stereocenters. The smallest absolute Gasteiger partial charge is 0.161 e. The monoisotopic (exact) mass is 170 g/mol. The van der Waals surface area contributed by atoms with Gasteiger partial charge in [0.2, 0.25) is 0 Å². The Morgan fingerprint density at radius 2 is 2.25 bits per heavy atom. The van der Waals surface area contributed by atoms with Gasteiger partial charge in [-0.15, -0.1) is 0 Å². The minimum absolute atomic E-state index is 0.245. The van der Waals surface area contributed by atoms with Crippen molar-refractivity contribution in [3.05, 3.63) is 0 Å². The lowest BCUT2D eigenvalue weighted by Gasteiger charge is -2.06. The fourth-order valence-electron chi connectivity index (χ4n) is 1.57. The van der Waals surface area contributed by atoms with Gasteiger partial charge in [0.25, 0.3) is 0 Å². The molecule has 1 heterocycles. The van der Waals surface area contributed by atoms with E-state index in [1.54, 1.807) is 0 Å². The zero-order valence-electron chi connectivity index (χ0n) is 7.84. The molecule has 1 saturated heterocycles. The molecular weight excluding hydrogens is 152 g/mol. The summed E-state index contributed by atoms with van der Waals surface area (Å²) in [6.07, 6.45) is 7.05. The van der Waals surface area contributed by atoms with Gasteiger partial charge in [0.15, 0.2) is 5.78 Å². The van der Waals surface area contributed by atoms with E-state index in [2.05, 4.69) is 6.92 Å². The Morgan fingerprint density at radius 1 is 1.42 bits per heavy atom. The Hall–Kier alpha value is -0.370. The van der Waals surface area contributed by atoms with Crippen LogP contribution in [0, 0.1) is 0 Å². The second-order valence-electron chi connectivity index (χ2n) is 3.53. The van der Waals surface area contributed by atoms with Gasteiger partial charge in [0.05, 0.1) is 6.10 Å². The molecular formula is C10H18O2. The first-order valence-electron chi connectivity index (χ1n) is 4.96. The first-order chi connectivity index (χ1) is 5.83. The summed E-state index contributed by atoms with van der Waals surface area (Å²) in [5.41, 5.74) is 0. The Morgan fingerprint density at radius 3 is 2.83 bits per heavy atom. The number of unbranched alkanes of at least 4 members (excludes halogenated alkanes) is 3. The van der Waals surface area contributed by atoms with E-state index in [1.165, 1.54) is 25.7 Å². The molecule has 1 aliphatic rings. The SMILES string of the molecule is CCCCCCC1CC(=O)CO1. The van der Waals surface area contributed by atoms with Crippen LogP contribution in [0.3, 0.4) is 0 Å². The van der Waals surface area contributed by atoms with Gasteiger partial charge in [0.1, 0.15) is 6.61 Å². The van der Waals surface area contributed by atoms with Crippen LogP contribution in [0.2, 0.25) is 0 Å². The van der Waals surface area contributed by atoms with Crippen molar-refractivity contribution in [3.8, 4) is 0 Å². The topological polar surface area (TPSA) is 26.3 Å². The molecule has 0 spiro atoms. The van der Waals surface area contributed by atoms with Crippen molar-refractivity contribution < 1.29 is 9.53 Å². The summed E-state index contributed by atoms with van der Waals surface area (Å²) in [6.45, 7) is 2.56. The van der Waals surface area contributed by atoms with Crippen molar-refractivity contribution in [1.29, 1.82) is 0 Å². The molecule has 1 atom stereocenters. The third-order valence-corrected chi connectivity index (χ3v) is 2.32. The van der Waals surface area contributed by atoms with Gasteiger partial charge in [0, 0.05) is 6.42 Å². The number of Topliss-reactive ketones (excluding diaryl/α,β-unsaturated/α-hetero) is 1. The molecule has 1 aliphatic heterocycles. The average Bonchev–Trinajstić information content (AvgIpc) is 2.45. The van der Waals surface area contributed by atoms with Crippen LogP contribution in [0.15, 0.2) is 0 Å². The maximum Gasteiger partial charge on any atom is 0.161 e. The molecule has 0 aromatic carbocycles. The summed E-state index contributed by atoms with van der Waals surface area (Å²) < 4.78 is 5.30. The van der Waals surface area contributed by atoms with Crippen molar-refractivity contribution in [2.24, 2.45) is 0 Å². The molecule has 2 nitrogen and oxygen atoms in total. The largest absolute Gasteiger partial charge is 0.370 e. The Labute approximate surface area is 74.3 Å². The number of hydrogen-bond donors (Lipinski definition) is 0. The zero-order valence-corrected chi connectivity index (χ0v) is 7.84. The van der Waals surface area contributed by atoms with Crippen molar-refractivity contribution in [2.45, 2.75) is 51.6 Å².